The summed E-state index contributed by atoms with van der Waals surface area (Å²) >= 11 is 0. The highest BCUT2D eigenvalue weighted by Gasteiger charge is 2.08. The first-order valence-corrected chi connectivity index (χ1v) is 12.6. The van der Waals surface area contributed by atoms with E-state index >= 15 is 0 Å². The van der Waals surface area contributed by atoms with Crippen molar-refractivity contribution in [3.05, 3.63) is 113 Å². The quantitative estimate of drug-likeness (QED) is 0.244. The van der Waals surface area contributed by atoms with Gasteiger partial charge in [-0.3, -0.25) is 0 Å². The first-order valence-electron chi connectivity index (χ1n) is 12.6. The number of nitrogens with one attached hydrogen (secondary N) is 1. The Hall–Kier alpha value is -4.06. The molecule has 5 aromatic rings. The molecule has 2 heterocycles. The number of aryl methyl sites for hydroxylation is 3. The molecule has 0 aliphatic carbocycles. The van der Waals surface area contributed by atoms with E-state index in [2.05, 4.69) is 93.2 Å². The number of fused-ring (bicyclic) bond motifs is 1. The monoisotopic (exact) mass is 477 g/mol. The molecule has 0 amide bonds. The lowest BCUT2D eigenvalue weighted by Crippen LogP contribution is -1.99. The fraction of sp³-hybridized carbons (Fsp3) is 0.267. The first kappa shape index (κ1) is 23.7. The zero-order valence-electron chi connectivity index (χ0n) is 20.6. The average Bonchev–Trinajstić information content (AvgIpc) is 3.45. The van der Waals surface area contributed by atoms with Crippen molar-refractivity contribution in [1.29, 1.82) is 0 Å². The highest BCUT2D eigenvalue weighted by molar-refractivity contribution is 5.78. The number of ether oxygens (including phenoxy) is 1. The summed E-state index contributed by atoms with van der Waals surface area (Å²) in [5, 5.41) is 15.2. The van der Waals surface area contributed by atoms with E-state index < -0.39 is 0 Å². The predicted octanol–water partition coefficient (Wildman–Crippen LogP) is 6.24. The summed E-state index contributed by atoms with van der Waals surface area (Å²) in [4.78, 5) is 4.68. The van der Waals surface area contributed by atoms with E-state index in [1.54, 1.807) is 0 Å². The van der Waals surface area contributed by atoms with Crippen LogP contribution in [0.15, 0.2) is 84.9 Å². The molecule has 5 rings (SSSR count). The van der Waals surface area contributed by atoms with Gasteiger partial charge in [0.2, 0.25) is 0 Å². The van der Waals surface area contributed by atoms with Gasteiger partial charge in [0.1, 0.15) is 18.2 Å². The van der Waals surface area contributed by atoms with Gasteiger partial charge in [-0.1, -0.05) is 67.6 Å². The Morgan fingerprint density at radius 3 is 2.31 bits per heavy atom. The summed E-state index contributed by atoms with van der Waals surface area (Å²) in [5.74, 6) is 2.19. The zero-order valence-corrected chi connectivity index (χ0v) is 20.6. The number of benzene rings is 3. The number of aromatic nitrogens is 5. The van der Waals surface area contributed by atoms with Crippen LogP contribution < -0.4 is 4.74 Å². The number of rotatable bonds is 11. The molecule has 0 aliphatic heterocycles. The van der Waals surface area contributed by atoms with E-state index in [-0.39, 0.29) is 0 Å². The fourth-order valence-electron chi connectivity index (χ4n) is 4.41. The van der Waals surface area contributed by atoms with Crippen molar-refractivity contribution in [3.63, 3.8) is 0 Å². The lowest BCUT2D eigenvalue weighted by atomic mass is 9.94. The molecule has 0 spiro atoms. The average molecular weight is 478 g/mol. The molecule has 182 valence electrons. The summed E-state index contributed by atoms with van der Waals surface area (Å²) in [7, 11) is 0. The van der Waals surface area contributed by atoms with Crippen LogP contribution in [0.25, 0.3) is 10.9 Å². The number of tetrazole rings is 1. The largest absolute Gasteiger partial charge is 0.487 e. The normalized spacial score (nSPS) is 12.0. The standard InChI is InChI=1S/C30H31N5O/c1-22(9-20-30-32-34-35-33-30)25-14-10-23(11-15-25)5-4-6-24-12-18-28(19-13-24)36-21-27-17-16-26-7-2-3-8-29(26)31-27/h2-3,7-8,10-19,22H,4-6,9,20-21H2,1H3,(H,32,33,34,35). The van der Waals surface area contributed by atoms with Crippen LogP contribution in [0.1, 0.15) is 53.9 Å². The molecular formula is C30H31N5O. The van der Waals surface area contributed by atoms with E-state index in [1.165, 1.54) is 16.7 Å². The molecule has 0 bridgehead atoms. The summed E-state index contributed by atoms with van der Waals surface area (Å²) in [5.41, 5.74) is 6.01. The number of hydrogen-bond donors (Lipinski definition) is 1. The minimum Gasteiger partial charge on any atom is -0.487 e. The molecule has 1 unspecified atom stereocenters. The SMILES string of the molecule is CC(CCc1nnn[nH]1)c1ccc(CCCc2ccc(OCc3ccc4ccccc4n3)cc2)cc1. The first-order chi connectivity index (χ1) is 17.7. The van der Waals surface area contributed by atoms with Crippen molar-refractivity contribution >= 4 is 10.9 Å². The van der Waals surface area contributed by atoms with Crippen LogP contribution in [0.3, 0.4) is 0 Å². The van der Waals surface area contributed by atoms with E-state index in [9.17, 15) is 0 Å². The third kappa shape index (κ3) is 6.33. The van der Waals surface area contributed by atoms with Gasteiger partial charge in [-0.25, -0.2) is 10.1 Å². The van der Waals surface area contributed by atoms with E-state index in [4.69, 9.17) is 4.74 Å². The maximum atomic E-state index is 5.96. The van der Waals surface area contributed by atoms with E-state index in [0.29, 0.717) is 12.5 Å². The number of nitrogens with zero attached hydrogens (tertiary/aromatic N) is 4. The number of para-hydroxylation sites is 1. The number of H-pyrrole nitrogens is 1. The number of aromatic amines is 1. The summed E-state index contributed by atoms with van der Waals surface area (Å²) in [6.07, 6.45) is 5.13. The highest BCUT2D eigenvalue weighted by Crippen LogP contribution is 2.22. The number of pyridine rings is 1. The third-order valence-electron chi connectivity index (χ3n) is 6.65. The maximum Gasteiger partial charge on any atom is 0.148 e. The maximum absolute atomic E-state index is 5.96. The van der Waals surface area contributed by atoms with E-state index in [0.717, 1.165) is 60.3 Å². The molecule has 1 atom stereocenters. The Morgan fingerprint density at radius 1 is 0.806 bits per heavy atom. The fourth-order valence-corrected chi connectivity index (χ4v) is 4.41. The zero-order chi connectivity index (χ0) is 24.6. The summed E-state index contributed by atoms with van der Waals surface area (Å²) in [6, 6.07) is 29.8. The Kier molecular flexibility index (Phi) is 7.61. The van der Waals surface area contributed by atoms with Gasteiger partial charge in [-0.2, -0.15) is 0 Å². The molecule has 36 heavy (non-hydrogen) atoms. The lowest BCUT2D eigenvalue weighted by molar-refractivity contribution is 0.301. The minimum absolute atomic E-state index is 0.468. The second kappa shape index (κ2) is 11.6. The van der Waals surface area contributed by atoms with Crippen molar-refractivity contribution in [2.45, 2.75) is 51.6 Å². The lowest BCUT2D eigenvalue weighted by Gasteiger charge is -2.12. The molecular weight excluding hydrogens is 446 g/mol. The van der Waals surface area contributed by atoms with Crippen LogP contribution in [-0.2, 0) is 25.9 Å². The molecule has 3 aromatic carbocycles. The summed E-state index contributed by atoms with van der Waals surface area (Å²) in [6.45, 7) is 2.72. The Bertz CT molecular complexity index is 1370. The van der Waals surface area contributed by atoms with Crippen LogP contribution in [0, 0.1) is 0 Å². The van der Waals surface area contributed by atoms with Crippen molar-refractivity contribution in [1.82, 2.24) is 25.6 Å². The summed E-state index contributed by atoms with van der Waals surface area (Å²) < 4.78 is 5.96. The van der Waals surface area contributed by atoms with Crippen LogP contribution in [0.2, 0.25) is 0 Å². The Balaban J connectivity index is 1.05. The van der Waals surface area contributed by atoms with Gasteiger partial charge in [-0.05, 0) is 83.0 Å². The molecule has 6 nitrogen and oxygen atoms in total. The van der Waals surface area contributed by atoms with E-state index in [1.807, 2.05) is 24.3 Å². The highest BCUT2D eigenvalue weighted by atomic mass is 16.5. The van der Waals surface area contributed by atoms with Crippen LogP contribution >= 0.6 is 0 Å². The smallest absolute Gasteiger partial charge is 0.148 e. The molecule has 1 N–H and O–H groups in total. The second-order valence-corrected chi connectivity index (χ2v) is 9.31. The minimum atomic E-state index is 0.468. The molecule has 0 fully saturated rings. The van der Waals surface area contributed by atoms with Gasteiger partial charge in [-0.15, -0.1) is 5.10 Å². The Morgan fingerprint density at radius 2 is 1.56 bits per heavy atom. The molecule has 0 radical (unpaired) electrons. The molecule has 6 heteroatoms. The molecule has 0 saturated heterocycles. The van der Waals surface area contributed by atoms with Gasteiger partial charge in [0.25, 0.3) is 0 Å². The van der Waals surface area contributed by atoms with Crippen LogP contribution in [0.4, 0.5) is 0 Å². The van der Waals surface area contributed by atoms with Gasteiger partial charge in [0, 0.05) is 11.8 Å². The topological polar surface area (TPSA) is 76.6 Å². The molecule has 2 aromatic heterocycles. The van der Waals surface area contributed by atoms with Gasteiger partial charge in [0.15, 0.2) is 0 Å². The molecule has 0 saturated carbocycles. The second-order valence-electron chi connectivity index (χ2n) is 9.31. The van der Waals surface area contributed by atoms with Gasteiger partial charge in [0.05, 0.1) is 11.2 Å². The third-order valence-corrected chi connectivity index (χ3v) is 6.65. The van der Waals surface area contributed by atoms with Crippen molar-refractivity contribution in [2.24, 2.45) is 0 Å². The van der Waals surface area contributed by atoms with Gasteiger partial charge < -0.3 is 4.74 Å². The predicted molar refractivity (Wildman–Crippen MR) is 142 cm³/mol. The van der Waals surface area contributed by atoms with Crippen molar-refractivity contribution in [3.8, 4) is 5.75 Å². The van der Waals surface area contributed by atoms with Crippen molar-refractivity contribution in [2.75, 3.05) is 0 Å². The molecule has 0 aliphatic rings. The van der Waals surface area contributed by atoms with Gasteiger partial charge >= 0.3 is 0 Å². The number of hydrogen-bond acceptors (Lipinski definition) is 5. The van der Waals surface area contributed by atoms with Crippen LogP contribution in [0.5, 0.6) is 5.75 Å². The van der Waals surface area contributed by atoms with Crippen LogP contribution in [-0.4, -0.2) is 25.6 Å². The Labute approximate surface area is 211 Å². The van der Waals surface area contributed by atoms with Crippen molar-refractivity contribution < 1.29 is 4.74 Å².